The molecule has 0 aliphatic carbocycles. The first kappa shape index (κ1) is 52.7. The third kappa shape index (κ3) is 9.71. The Morgan fingerprint density at radius 1 is 0.303 bits per heavy atom. The van der Waals surface area contributed by atoms with E-state index in [1.54, 1.807) is 0 Å². The van der Waals surface area contributed by atoms with Crippen molar-refractivity contribution in [2.75, 3.05) is 14.7 Å². The minimum absolute atomic E-state index is 0.00364. The summed E-state index contributed by atoms with van der Waals surface area (Å²) in [5, 5.41) is 0. The second-order valence-electron chi connectivity index (χ2n) is 28.1. The molecule has 0 spiro atoms. The van der Waals surface area contributed by atoms with Gasteiger partial charge < -0.3 is 14.7 Å². The Morgan fingerprint density at radius 2 is 0.658 bits per heavy atom. The van der Waals surface area contributed by atoms with Crippen molar-refractivity contribution in [1.82, 2.24) is 0 Å². The number of rotatable bonds is 6. The summed E-state index contributed by atoms with van der Waals surface area (Å²) in [6.45, 7) is 41.8. The molecule has 2 aliphatic heterocycles. The van der Waals surface area contributed by atoms with Crippen LogP contribution in [0.1, 0.15) is 158 Å². The monoisotopic (exact) mass is 1000 g/mol. The molecule has 388 valence electrons. The Bertz CT molecular complexity index is 3390. The number of anilines is 9. The lowest BCUT2D eigenvalue weighted by molar-refractivity contribution is 0.590. The Kier molecular flexibility index (Phi) is 12.8. The van der Waals surface area contributed by atoms with E-state index in [2.05, 4.69) is 309 Å². The van der Waals surface area contributed by atoms with Gasteiger partial charge in [0.2, 0.25) is 0 Å². The van der Waals surface area contributed by atoms with Gasteiger partial charge in [-0.1, -0.05) is 222 Å². The first-order valence-electron chi connectivity index (χ1n) is 27.9. The van der Waals surface area contributed by atoms with Crippen LogP contribution in [0.3, 0.4) is 0 Å². The van der Waals surface area contributed by atoms with Gasteiger partial charge in [-0.3, -0.25) is 0 Å². The highest BCUT2D eigenvalue weighted by Gasteiger charge is 2.45. The molecule has 8 aromatic carbocycles. The molecule has 8 aromatic rings. The predicted molar refractivity (Wildman–Crippen MR) is 333 cm³/mol. The van der Waals surface area contributed by atoms with Gasteiger partial charge in [0.05, 0.1) is 11.4 Å². The van der Waals surface area contributed by atoms with Crippen molar-refractivity contribution in [2.24, 2.45) is 0 Å². The van der Waals surface area contributed by atoms with Crippen molar-refractivity contribution < 1.29 is 0 Å². The highest BCUT2D eigenvalue weighted by Crippen LogP contribution is 2.51. The third-order valence-electron chi connectivity index (χ3n) is 16.2. The highest BCUT2D eigenvalue weighted by atomic mass is 15.2. The molecule has 0 amide bonds. The van der Waals surface area contributed by atoms with E-state index in [9.17, 15) is 0 Å². The summed E-state index contributed by atoms with van der Waals surface area (Å²) in [5.41, 5.74) is 24.5. The van der Waals surface area contributed by atoms with E-state index in [-0.39, 0.29) is 39.2 Å². The lowest BCUT2D eigenvalue weighted by atomic mass is 9.33. The molecule has 3 nitrogen and oxygen atoms in total. The van der Waals surface area contributed by atoms with Crippen molar-refractivity contribution >= 4 is 74.3 Å². The van der Waals surface area contributed by atoms with Crippen LogP contribution in [0.4, 0.5) is 51.2 Å². The number of fused-ring (bicyclic) bond motifs is 4. The molecule has 0 unspecified atom stereocenters. The molecule has 76 heavy (non-hydrogen) atoms. The van der Waals surface area contributed by atoms with E-state index in [4.69, 9.17) is 0 Å². The largest absolute Gasteiger partial charge is 0.311 e. The first-order valence-corrected chi connectivity index (χ1v) is 27.9. The zero-order valence-corrected chi connectivity index (χ0v) is 49.1. The van der Waals surface area contributed by atoms with Crippen molar-refractivity contribution in [2.45, 2.75) is 157 Å². The van der Waals surface area contributed by atoms with Crippen LogP contribution in [-0.4, -0.2) is 6.71 Å². The Balaban J connectivity index is 1.38. The van der Waals surface area contributed by atoms with Crippen LogP contribution in [-0.2, 0) is 32.5 Å². The van der Waals surface area contributed by atoms with Crippen LogP contribution in [0.5, 0.6) is 0 Å². The molecular formula is C72H82BN3. The summed E-state index contributed by atoms with van der Waals surface area (Å²) in [4.78, 5) is 7.73. The van der Waals surface area contributed by atoms with Gasteiger partial charge in [-0.25, -0.2) is 0 Å². The molecule has 2 aliphatic rings. The Morgan fingerprint density at radius 3 is 1.08 bits per heavy atom. The second-order valence-corrected chi connectivity index (χ2v) is 28.1. The highest BCUT2D eigenvalue weighted by molar-refractivity contribution is 7.00. The molecule has 0 fully saturated rings. The maximum atomic E-state index is 2.64. The number of benzene rings is 8. The molecular weight excluding hydrogens is 918 g/mol. The SMILES string of the molecule is CC(C)(C)c1ccc(N(c2ccc(C(C)(C)C)cc2)c2cc3c4c(c2)N(c2ccc(C(C)(C)C)cc2-c2ccccc2)c2ccc(C(C)(C)C)cc2B4c2cc(C(C)(C)C)ccc2N3c2ccc(C(C)(C)C)cc2)cc1. The minimum Gasteiger partial charge on any atom is -0.311 e. The smallest absolute Gasteiger partial charge is 0.252 e. The summed E-state index contributed by atoms with van der Waals surface area (Å²) in [5.74, 6) is 0. The molecule has 4 heteroatoms. The van der Waals surface area contributed by atoms with E-state index in [0.717, 1.165) is 28.4 Å². The van der Waals surface area contributed by atoms with E-state index in [0.29, 0.717) is 0 Å². The fourth-order valence-corrected chi connectivity index (χ4v) is 11.4. The third-order valence-corrected chi connectivity index (χ3v) is 16.2. The number of nitrogens with zero attached hydrogens (tertiary/aromatic N) is 3. The Labute approximate surface area is 458 Å². The van der Waals surface area contributed by atoms with Crippen LogP contribution >= 0.6 is 0 Å². The van der Waals surface area contributed by atoms with Crippen LogP contribution < -0.4 is 31.1 Å². The van der Waals surface area contributed by atoms with Gasteiger partial charge >= 0.3 is 0 Å². The van der Waals surface area contributed by atoms with Crippen LogP contribution in [0, 0.1) is 0 Å². The average Bonchev–Trinajstić information content (AvgIpc) is 3.47. The summed E-state index contributed by atoms with van der Waals surface area (Å²) < 4.78 is 0. The summed E-state index contributed by atoms with van der Waals surface area (Å²) in [7, 11) is 0. The van der Waals surface area contributed by atoms with E-state index >= 15 is 0 Å². The average molecular weight is 1000 g/mol. The molecule has 0 bridgehead atoms. The lowest BCUT2D eigenvalue weighted by Gasteiger charge is -2.46. The minimum atomic E-state index is -0.0758. The molecule has 0 atom stereocenters. The maximum Gasteiger partial charge on any atom is 0.252 e. The van der Waals surface area contributed by atoms with Gasteiger partial charge in [-0.2, -0.15) is 0 Å². The van der Waals surface area contributed by atoms with Crippen molar-refractivity contribution in [3.8, 4) is 11.1 Å². The van der Waals surface area contributed by atoms with Crippen molar-refractivity contribution in [3.63, 3.8) is 0 Å². The van der Waals surface area contributed by atoms with Crippen molar-refractivity contribution in [3.05, 3.63) is 203 Å². The fourth-order valence-electron chi connectivity index (χ4n) is 11.4. The van der Waals surface area contributed by atoms with Gasteiger partial charge in [0.15, 0.2) is 0 Å². The lowest BCUT2D eigenvalue weighted by Crippen LogP contribution is -2.61. The van der Waals surface area contributed by atoms with Crippen LogP contribution in [0.25, 0.3) is 11.1 Å². The van der Waals surface area contributed by atoms with E-state index < -0.39 is 0 Å². The molecule has 0 saturated carbocycles. The standard InChI is InChI=1S/C72H82BN3/c1-67(2,3)48-24-33-54(34-25-48)74(55-35-26-49(27-36-55)68(4,5)6)57-45-64-66-65(46-57)76(61-39-30-51(70(10,11)12)42-58(61)47-22-20-19-21-23-47)63-41-32-53(72(16,17)18)44-60(63)73(66)59-43-52(71(13,14)15)31-40-62(59)75(64)56-37-28-50(29-38-56)69(7,8)9/h19-46H,1-18H3. The first-order chi connectivity index (χ1) is 35.5. The molecule has 0 N–H and O–H groups in total. The second kappa shape index (κ2) is 18.5. The van der Waals surface area contributed by atoms with E-state index in [1.807, 2.05) is 0 Å². The zero-order chi connectivity index (χ0) is 54.7. The summed E-state index contributed by atoms with van der Waals surface area (Å²) in [6.07, 6.45) is 0. The topological polar surface area (TPSA) is 9.72 Å². The van der Waals surface area contributed by atoms with Gasteiger partial charge in [-0.05, 0) is 161 Å². The predicted octanol–water partition coefficient (Wildman–Crippen LogP) is 18.7. The maximum absolute atomic E-state index is 2.64. The van der Waals surface area contributed by atoms with Gasteiger partial charge in [0, 0.05) is 45.4 Å². The molecule has 2 heterocycles. The fraction of sp³-hybridized carbons (Fsp3) is 0.333. The number of hydrogen-bond donors (Lipinski definition) is 0. The molecule has 10 rings (SSSR count). The van der Waals surface area contributed by atoms with Gasteiger partial charge in [-0.15, -0.1) is 0 Å². The van der Waals surface area contributed by atoms with Crippen LogP contribution in [0.15, 0.2) is 170 Å². The van der Waals surface area contributed by atoms with E-state index in [1.165, 1.54) is 83.6 Å². The van der Waals surface area contributed by atoms with Crippen molar-refractivity contribution in [1.29, 1.82) is 0 Å². The normalized spacial score (nSPS) is 13.8. The van der Waals surface area contributed by atoms with Gasteiger partial charge in [0.25, 0.3) is 6.71 Å². The number of hydrogen-bond acceptors (Lipinski definition) is 3. The Hall–Kier alpha value is -6.78. The molecule has 0 aromatic heterocycles. The summed E-state index contributed by atoms with van der Waals surface area (Å²) in [6, 6.07) is 66.2. The molecule has 0 saturated heterocycles. The van der Waals surface area contributed by atoms with Crippen LogP contribution in [0.2, 0.25) is 0 Å². The molecule has 0 radical (unpaired) electrons. The van der Waals surface area contributed by atoms with Gasteiger partial charge in [0.1, 0.15) is 0 Å². The summed E-state index contributed by atoms with van der Waals surface area (Å²) >= 11 is 0. The quantitative estimate of drug-likeness (QED) is 0.154. The zero-order valence-electron chi connectivity index (χ0n) is 49.1.